The third-order valence-corrected chi connectivity index (χ3v) is 2.61. The van der Waals surface area contributed by atoms with Crippen molar-refractivity contribution in [2.24, 2.45) is 0 Å². The Morgan fingerprint density at radius 3 is 3.00 bits per heavy atom. The molecule has 0 unspecified atom stereocenters. The van der Waals surface area contributed by atoms with Gasteiger partial charge in [-0.05, 0) is 31.0 Å². The average molecular weight is 216 g/mol. The number of amides is 1. The molecule has 0 spiro atoms. The minimum absolute atomic E-state index is 0.100. The molecule has 0 atom stereocenters. The molecule has 0 aromatic carbocycles. The molecule has 3 N–H and O–H groups in total. The van der Waals surface area contributed by atoms with Crippen molar-refractivity contribution in [2.45, 2.75) is 18.9 Å². The Kier molecular flexibility index (Phi) is 2.02. The highest BCUT2D eigenvalue weighted by Crippen LogP contribution is 2.20. The molecule has 2 aromatic heterocycles. The molecule has 1 fully saturated rings. The highest BCUT2D eigenvalue weighted by molar-refractivity contribution is 5.93. The molecule has 0 aliphatic heterocycles. The second-order valence-corrected chi connectivity index (χ2v) is 4.00. The van der Waals surface area contributed by atoms with Crippen LogP contribution in [0.1, 0.15) is 23.3 Å². The van der Waals surface area contributed by atoms with E-state index in [9.17, 15) is 4.79 Å². The quantitative estimate of drug-likeness (QED) is 0.723. The molecule has 82 valence electrons. The molecule has 1 aliphatic rings. The van der Waals surface area contributed by atoms with Crippen molar-refractivity contribution >= 4 is 5.91 Å². The van der Waals surface area contributed by atoms with Crippen LogP contribution in [0.2, 0.25) is 0 Å². The molecule has 3 rings (SSSR count). The summed E-state index contributed by atoms with van der Waals surface area (Å²) in [5.41, 5.74) is 2.19. The predicted octanol–water partition coefficient (Wildman–Crippen LogP) is 1.30. The van der Waals surface area contributed by atoms with E-state index < -0.39 is 0 Å². The first kappa shape index (κ1) is 9.21. The Balaban J connectivity index is 1.79. The van der Waals surface area contributed by atoms with E-state index in [1.807, 2.05) is 18.3 Å². The molecular weight excluding hydrogens is 204 g/mol. The number of hydrogen-bond acceptors (Lipinski definition) is 2. The summed E-state index contributed by atoms with van der Waals surface area (Å²) in [5, 5.41) is 9.73. The van der Waals surface area contributed by atoms with E-state index in [1.165, 1.54) is 0 Å². The van der Waals surface area contributed by atoms with E-state index in [-0.39, 0.29) is 5.91 Å². The number of aromatic amines is 2. The lowest BCUT2D eigenvalue weighted by Crippen LogP contribution is -2.25. The summed E-state index contributed by atoms with van der Waals surface area (Å²) in [5.74, 6) is -0.100. The van der Waals surface area contributed by atoms with E-state index in [1.54, 1.807) is 6.07 Å². The van der Waals surface area contributed by atoms with Crippen LogP contribution < -0.4 is 5.32 Å². The van der Waals surface area contributed by atoms with Crippen LogP contribution in [0.15, 0.2) is 24.4 Å². The van der Waals surface area contributed by atoms with Crippen LogP contribution >= 0.6 is 0 Å². The third-order valence-electron chi connectivity index (χ3n) is 2.61. The number of aromatic nitrogens is 3. The maximum Gasteiger partial charge on any atom is 0.272 e. The van der Waals surface area contributed by atoms with Gasteiger partial charge in [0.25, 0.3) is 5.91 Å². The second-order valence-electron chi connectivity index (χ2n) is 4.00. The van der Waals surface area contributed by atoms with Crippen LogP contribution in [0, 0.1) is 0 Å². The van der Waals surface area contributed by atoms with E-state index >= 15 is 0 Å². The van der Waals surface area contributed by atoms with Crippen LogP contribution in [0.5, 0.6) is 0 Å². The number of hydrogen-bond donors (Lipinski definition) is 3. The molecule has 1 amide bonds. The maximum atomic E-state index is 11.7. The van der Waals surface area contributed by atoms with Gasteiger partial charge in [0.15, 0.2) is 5.69 Å². The highest BCUT2D eigenvalue weighted by atomic mass is 16.2. The highest BCUT2D eigenvalue weighted by Gasteiger charge is 2.24. The Bertz CT molecular complexity index is 496. The third kappa shape index (κ3) is 1.71. The first-order chi connectivity index (χ1) is 7.83. The fraction of sp³-hybridized carbons (Fsp3) is 0.273. The number of nitrogens with one attached hydrogen (secondary N) is 3. The van der Waals surface area contributed by atoms with Crippen molar-refractivity contribution in [3.63, 3.8) is 0 Å². The van der Waals surface area contributed by atoms with Gasteiger partial charge in [-0.15, -0.1) is 0 Å². The van der Waals surface area contributed by atoms with Crippen LogP contribution in [-0.2, 0) is 0 Å². The van der Waals surface area contributed by atoms with Gasteiger partial charge >= 0.3 is 0 Å². The topological polar surface area (TPSA) is 73.6 Å². The maximum absolute atomic E-state index is 11.7. The Morgan fingerprint density at radius 2 is 2.31 bits per heavy atom. The molecule has 0 radical (unpaired) electrons. The lowest BCUT2D eigenvalue weighted by Gasteiger charge is -1.97. The SMILES string of the molecule is O=C(NC1CC1)c1cc(-c2ccc[nH]2)[nH]n1. The van der Waals surface area contributed by atoms with Gasteiger partial charge in [0.1, 0.15) is 0 Å². The minimum atomic E-state index is -0.100. The van der Waals surface area contributed by atoms with Crippen molar-refractivity contribution in [2.75, 3.05) is 0 Å². The van der Waals surface area contributed by atoms with E-state index in [0.29, 0.717) is 11.7 Å². The molecule has 5 nitrogen and oxygen atoms in total. The van der Waals surface area contributed by atoms with E-state index in [4.69, 9.17) is 0 Å². The first-order valence-corrected chi connectivity index (χ1v) is 5.33. The van der Waals surface area contributed by atoms with Crippen LogP contribution in [0.4, 0.5) is 0 Å². The number of carbonyl (C=O) groups is 1. The molecule has 0 bridgehead atoms. The largest absolute Gasteiger partial charge is 0.360 e. The van der Waals surface area contributed by atoms with Gasteiger partial charge in [-0.25, -0.2) is 0 Å². The fourth-order valence-electron chi connectivity index (χ4n) is 1.56. The van der Waals surface area contributed by atoms with Crippen LogP contribution in [0.3, 0.4) is 0 Å². The van der Waals surface area contributed by atoms with Crippen molar-refractivity contribution in [3.8, 4) is 11.4 Å². The molecule has 2 aromatic rings. The van der Waals surface area contributed by atoms with Gasteiger partial charge in [0.2, 0.25) is 0 Å². The predicted molar refractivity (Wildman–Crippen MR) is 58.9 cm³/mol. The van der Waals surface area contributed by atoms with Crippen molar-refractivity contribution in [1.29, 1.82) is 0 Å². The summed E-state index contributed by atoms with van der Waals surface area (Å²) in [6.07, 6.45) is 4.00. The zero-order chi connectivity index (χ0) is 11.0. The Labute approximate surface area is 92.3 Å². The summed E-state index contributed by atoms with van der Waals surface area (Å²) < 4.78 is 0. The van der Waals surface area contributed by atoms with Gasteiger partial charge in [-0.2, -0.15) is 5.10 Å². The normalized spacial score (nSPS) is 15.0. The van der Waals surface area contributed by atoms with Crippen LogP contribution in [0.25, 0.3) is 11.4 Å². The molecular formula is C11H12N4O. The Morgan fingerprint density at radius 1 is 1.44 bits per heavy atom. The summed E-state index contributed by atoms with van der Waals surface area (Å²) in [4.78, 5) is 14.7. The molecule has 0 saturated heterocycles. The lowest BCUT2D eigenvalue weighted by atomic mass is 10.3. The van der Waals surface area contributed by atoms with Gasteiger partial charge in [0, 0.05) is 12.2 Å². The number of H-pyrrole nitrogens is 2. The monoisotopic (exact) mass is 216 g/mol. The standard InChI is InChI=1S/C11H12N4O/c16-11(13-7-3-4-7)10-6-9(14-15-10)8-2-1-5-12-8/h1-2,5-7,12H,3-4H2,(H,13,16)(H,14,15). The van der Waals surface area contributed by atoms with Crippen LogP contribution in [-0.4, -0.2) is 27.1 Å². The number of carbonyl (C=O) groups excluding carboxylic acids is 1. The average Bonchev–Trinajstić information content (AvgIpc) is 2.84. The smallest absolute Gasteiger partial charge is 0.272 e. The molecule has 2 heterocycles. The summed E-state index contributed by atoms with van der Waals surface area (Å²) in [7, 11) is 0. The van der Waals surface area contributed by atoms with E-state index in [2.05, 4.69) is 20.5 Å². The first-order valence-electron chi connectivity index (χ1n) is 5.33. The second kappa shape index (κ2) is 3.52. The van der Waals surface area contributed by atoms with Crippen molar-refractivity contribution in [1.82, 2.24) is 20.5 Å². The van der Waals surface area contributed by atoms with Crippen molar-refractivity contribution < 1.29 is 4.79 Å². The molecule has 5 heteroatoms. The summed E-state index contributed by atoms with van der Waals surface area (Å²) >= 11 is 0. The minimum Gasteiger partial charge on any atom is -0.360 e. The van der Waals surface area contributed by atoms with Gasteiger partial charge in [-0.3, -0.25) is 9.89 Å². The van der Waals surface area contributed by atoms with E-state index in [0.717, 1.165) is 24.2 Å². The zero-order valence-electron chi connectivity index (χ0n) is 8.66. The number of nitrogens with zero attached hydrogens (tertiary/aromatic N) is 1. The molecule has 1 aliphatic carbocycles. The lowest BCUT2D eigenvalue weighted by molar-refractivity contribution is 0.0946. The van der Waals surface area contributed by atoms with Gasteiger partial charge in [0.05, 0.1) is 11.4 Å². The summed E-state index contributed by atoms with van der Waals surface area (Å²) in [6.45, 7) is 0. The van der Waals surface area contributed by atoms with Crippen molar-refractivity contribution in [3.05, 3.63) is 30.1 Å². The molecule has 16 heavy (non-hydrogen) atoms. The zero-order valence-corrected chi connectivity index (χ0v) is 8.66. The fourth-order valence-corrected chi connectivity index (χ4v) is 1.56. The van der Waals surface area contributed by atoms with Gasteiger partial charge < -0.3 is 10.3 Å². The number of rotatable bonds is 3. The van der Waals surface area contributed by atoms with Gasteiger partial charge in [-0.1, -0.05) is 0 Å². The molecule has 1 saturated carbocycles. The Hall–Kier alpha value is -2.04. The summed E-state index contributed by atoms with van der Waals surface area (Å²) in [6, 6.07) is 5.94.